The lowest BCUT2D eigenvalue weighted by molar-refractivity contribution is 0.732. The predicted octanol–water partition coefficient (Wildman–Crippen LogP) is 2.98. The number of nitrogens with zero attached hydrogens (tertiary/aromatic N) is 2. The van der Waals surface area contributed by atoms with Crippen molar-refractivity contribution in [3.05, 3.63) is 39.4 Å². The Labute approximate surface area is 111 Å². The monoisotopic (exact) mass is 303 g/mol. The van der Waals surface area contributed by atoms with Gasteiger partial charge in [0.1, 0.15) is 0 Å². The Hall–Kier alpha value is -1.62. The van der Waals surface area contributed by atoms with Crippen LogP contribution in [0.1, 0.15) is 18.9 Å². The first-order valence-corrected chi connectivity index (χ1v) is 6.72. The van der Waals surface area contributed by atoms with Crippen molar-refractivity contribution in [1.82, 2.24) is 14.5 Å². The van der Waals surface area contributed by atoms with E-state index >= 15 is 0 Å². The van der Waals surface area contributed by atoms with Gasteiger partial charge in [0.15, 0.2) is 0 Å². The zero-order chi connectivity index (χ0) is 12.3. The minimum atomic E-state index is -0.0261. The molecule has 4 nitrogen and oxygen atoms in total. The molecule has 4 rings (SSSR count). The molecule has 0 spiro atoms. The molecule has 1 fully saturated rings. The van der Waals surface area contributed by atoms with Crippen molar-refractivity contribution in [2.45, 2.75) is 18.9 Å². The summed E-state index contributed by atoms with van der Waals surface area (Å²) in [5.41, 5.74) is 2.67. The molecule has 1 aliphatic carbocycles. The van der Waals surface area contributed by atoms with Crippen molar-refractivity contribution in [2.24, 2.45) is 0 Å². The Kier molecular flexibility index (Phi) is 1.97. The van der Waals surface area contributed by atoms with Crippen molar-refractivity contribution in [3.63, 3.8) is 0 Å². The quantitative estimate of drug-likeness (QED) is 0.751. The van der Waals surface area contributed by atoms with Crippen molar-refractivity contribution < 1.29 is 0 Å². The Morgan fingerprint density at radius 1 is 1.39 bits per heavy atom. The molecule has 5 heteroatoms. The van der Waals surface area contributed by atoms with E-state index in [2.05, 4.69) is 25.9 Å². The fourth-order valence-corrected chi connectivity index (χ4v) is 2.80. The van der Waals surface area contributed by atoms with E-state index in [1.165, 1.54) is 0 Å². The van der Waals surface area contributed by atoms with Gasteiger partial charge in [-0.3, -0.25) is 9.55 Å². The molecule has 1 aliphatic rings. The van der Waals surface area contributed by atoms with Gasteiger partial charge in [0, 0.05) is 15.9 Å². The molecule has 1 saturated carbocycles. The number of imidazole rings is 1. The highest BCUT2D eigenvalue weighted by atomic mass is 79.9. The number of pyridine rings is 1. The minimum absolute atomic E-state index is 0.0261. The van der Waals surface area contributed by atoms with Crippen LogP contribution in [-0.4, -0.2) is 14.5 Å². The molecule has 0 aliphatic heterocycles. The number of hydrogen-bond acceptors (Lipinski definition) is 2. The third kappa shape index (κ3) is 1.37. The fourth-order valence-electron chi connectivity index (χ4n) is 2.44. The number of benzene rings is 1. The van der Waals surface area contributed by atoms with Gasteiger partial charge in [-0.25, -0.2) is 4.79 Å². The number of H-pyrrole nitrogens is 1. The Morgan fingerprint density at radius 3 is 3.00 bits per heavy atom. The van der Waals surface area contributed by atoms with Gasteiger partial charge in [-0.05, 0) is 31.0 Å². The maximum atomic E-state index is 12.0. The average molecular weight is 304 g/mol. The molecule has 0 saturated heterocycles. The molecule has 1 aromatic carbocycles. The summed E-state index contributed by atoms with van der Waals surface area (Å²) in [6, 6.07) is 6.26. The van der Waals surface area contributed by atoms with Crippen LogP contribution in [0, 0.1) is 0 Å². The number of hydrogen-bond donors (Lipinski definition) is 1. The van der Waals surface area contributed by atoms with Gasteiger partial charge in [-0.2, -0.15) is 0 Å². The van der Waals surface area contributed by atoms with Gasteiger partial charge in [0.2, 0.25) is 0 Å². The molecule has 90 valence electrons. The second-order valence-electron chi connectivity index (χ2n) is 4.71. The zero-order valence-corrected chi connectivity index (χ0v) is 11.1. The van der Waals surface area contributed by atoms with Gasteiger partial charge in [0.25, 0.3) is 0 Å². The summed E-state index contributed by atoms with van der Waals surface area (Å²) in [4.78, 5) is 19.4. The summed E-state index contributed by atoms with van der Waals surface area (Å²) in [6.45, 7) is 0. The first-order valence-electron chi connectivity index (χ1n) is 5.92. The first-order chi connectivity index (χ1) is 8.74. The molecule has 2 aromatic heterocycles. The second-order valence-corrected chi connectivity index (χ2v) is 5.63. The van der Waals surface area contributed by atoms with Crippen LogP contribution in [-0.2, 0) is 0 Å². The molecule has 0 atom stereocenters. The molecule has 2 heterocycles. The van der Waals surface area contributed by atoms with E-state index in [-0.39, 0.29) is 5.69 Å². The van der Waals surface area contributed by atoms with E-state index in [1.54, 1.807) is 6.20 Å². The number of fused-ring (bicyclic) bond motifs is 3. The van der Waals surface area contributed by atoms with Crippen molar-refractivity contribution in [1.29, 1.82) is 0 Å². The summed E-state index contributed by atoms with van der Waals surface area (Å²) in [5.74, 6) is 0. The Morgan fingerprint density at radius 2 is 2.22 bits per heavy atom. The molecule has 0 amide bonds. The van der Waals surface area contributed by atoms with Crippen molar-refractivity contribution >= 4 is 37.9 Å². The molecule has 0 radical (unpaired) electrons. The minimum Gasteiger partial charge on any atom is -0.305 e. The predicted molar refractivity (Wildman–Crippen MR) is 73.8 cm³/mol. The summed E-state index contributed by atoms with van der Waals surface area (Å²) >= 11 is 3.46. The van der Waals surface area contributed by atoms with Crippen LogP contribution in [0.2, 0.25) is 0 Å². The molecule has 18 heavy (non-hydrogen) atoms. The summed E-state index contributed by atoms with van der Waals surface area (Å²) in [7, 11) is 0. The van der Waals surface area contributed by atoms with Crippen LogP contribution in [0.15, 0.2) is 33.7 Å². The highest BCUT2D eigenvalue weighted by Gasteiger charge is 2.27. The van der Waals surface area contributed by atoms with Crippen LogP contribution in [0.4, 0.5) is 0 Å². The fraction of sp³-hybridized carbons (Fsp3) is 0.231. The SMILES string of the molecule is O=c1[nH]c2c3cc(Br)ccc3ncc2n1C1CC1. The number of aromatic nitrogens is 3. The smallest absolute Gasteiger partial charge is 0.305 e. The zero-order valence-electron chi connectivity index (χ0n) is 9.48. The highest BCUT2D eigenvalue weighted by Crippen LogP contribution is 2.36. The first kappa shape index (κ1) is 10.3. The third-order valence-corrected chi connectivity index (χ3v) is 3.93. The van der Waals surface area contributed by atoms with Crippen molar-refractivity contribution in [2.75, 3.05) is 0 Å². The molecular formula is C13H10BrN3O. The number of rotatable bonds is 1. The second kappa shape index (κ2) is 3.45. The van der Waals surface area contributed by atoms with Crippen LogP contribution in [0.5, 0.6) is 0 Å². The van der Waals surface area contributed by atoms with Gasteiger partial charge in [0.05, 0.1) is 22.7 Å². The maximum absolute atomic E-state index is 12.0. The number of halogens is 1. The number of aromatic amines is 1. The van der Waals surface area contributed by atoms with E-state index in [1.807, 2.05) is 22.8 Å². The Balaban J connectivity index is 2.19. The molecule has 3 aromatic rings. The topological polar surface area (TPSA) is 50.7 Å². The largest absolute Gasteiger partial charge is 0.326 e. The summed E-state index contributed by atoms with van der Waals surface area (Å²) in [5, 5.41) is 0.985. The third-order valence-electron chi connectivity index (χ3n) is 3.43. The molecule has 1 N–H and O–H groups in total. The van der Waals surface area contributed by atoms with E-state index < -0.39 is 0 Å². The standard InChI is InChI=1S/C13H10BrN3O/c14-7-1-4-10-9(5-7)12-11(6-15-10)17(8-2-3-8)13(18)16-12/h1,4-6,8H,2-3H2,(H,16,18). The molecule has 0 bridgehead atoms. The highest BCUT2D eigenvalue weighted by molar-refractivity contribution is 9.10. The normalized spacial score (nSPS) is 15.6. The van der Waals surface area contributed by atoms with E-state index in [4.69, 9.17) is 0 Å². The van der Waals surface area contributed by atoms with Crippen molar-refractivity contribution in [3.8, 4) is 0 Å². The van der Waals surface area contributed by atoms with Crippen LogP contribution >= 0.6 is 15.9 Å². The lowest BCUT2D eigenvalue weighted by atomic mass is 10.2. The van der Waals surface area contributed by atoms with Crippen LogP contribution in [0.3, 0.4) is 0 Å². The molecular weight excluding hydrogens is 294 g/mol. The maximum Gasteiger partial charge on any atom is 0.326 e. The van der Waals surface area contributed by atoms with E-state index in [0.717, 1.165) is 39.3 Å². The van der Waals surface area contributed by atoms with Gasteiger partial charge in [-0.15, -0.1) is 0 Å². The summed E-state index contributed by atoms with van der Waals surface area (Å²) in [6.07, 6.45) is 3.97. The van der Waals surface area contributed by atoms with Gasteiger partial charge in [-0.1, -0.05) is 15.9 Å². The summed E-state index contributed by atoms with van der Waals surface area (Å²) < 4.78 is 2.83. The van der Waals surface area contributed by atoms with Crippen LogP contribution < -0.4 is 5.69 Å². The number of nitrogens with one attached hydrogen (secondary N) is 1. The van der Waals surface area contributed by atoms with Gasteiger partial charge < -0.3 is 4.98 Å². The lowest BCUT2D eigenvalue weighted by Crippen LogP contribution is -2.14. The van der Waals surface area contributed by atoms with Gasteiger partial charge >= 0.3 is 5.69 Å². The Bertz CT molecular complexity index is 829. The van der Waals surface area contributed by atoms with E-state index in [0.29, 0.717) is 6.04 Å². The average Bonchev–Trinajstić information content (AvgIpc) is 3.12. The lowest BCUT2D eigenvalue weighted by Gasteiger charge is -2.02. The van der Waals surface area contributed by atoms with Crippen LogP contribution in [0.25, 0.3) is 21.9 Å². The van der Waals surface area contributed by atoms with E-state index in [9.17, 15) is 4.79 Å². The molecule has 0 unspecified atom stereocenters.